The van der Waals surface area contributed by atoms with Gasteiger partial charge in [0, 0.05) is 25.8 Å². The molecule has 0 spiro atoms. The second-order valence-corrected chi connectivity index (χ2v) is 6.72. The molecule has 0 amide bonds. The van der Waals surface area contributed by atoms with Crippen LogP contribution in [0.15, 0.2) is 53.4 Å². The Labute approximate surface area is 136 Å². The van der Waals surface area contributed by atoms with Crippen molar-refractivity contribution >= 4 is 22.4 Å². The quantitative estimate of drug-likeness (QED) is 0.804. The van der Waals surface area contributed by atoms with Gasteiger partial charge in [0.25, 0.3) is 0 Å². The van der Waals surface area contributed by atoms with Gasteiger partial charge in [-0.25, -0.2) is 4.21 Å². The molecule has 1 atom stereocenters. The van der Waals surface area contributed by atoms with Crippen LogP contribution < -0.4 is 9.21 Å². The maximum atomic E-state index is 12.7. The van der Waals surface area contributed by atoms with Gasteiger partial charge in [0.05, 0.1) is 10.6 Å². The molecule has 22 heavy (non-hydrogen) atoms. The zero-order valence-electron chi connectivity index (χ0n) is 13.7. The summed E-state index contributed by atoms with van der Waals surface area (Å²) < 4.78 is 14.6. The Hall–Kier alpha value is -1.81. The fourth-order valence-electron chi connectivity index (χ4n) is 2.51. The molecule has 2 rings (SSSR count). The van der Waals surface area contributed by atoms with Crippen molar-refractivity contribution in [2.75, 3.05) is 29.3 Å². The summed E-state index contributed by atoms with van der Waals surface area (Å²) in [5, 5.41) is 0. The van der Waals surface area contributed by atoms with Crippen molar-refractivity contribution in [1.82, 2.24) is 0 Å². The molecule has 118 valence electrons. The lowest BCUT2D eigenvalue weighted by molar-refractivity contribution is 0.682. The summed E-state index contributed by atoms with van der Waals surface area (Å²) in [5.41, 5.74) is 3.30. The maximum Gasteiger partial charge on any atom is 0.152 e. The normalized spacial score (nSPS) is 12.0. The summed E-state index contributed by atoms with van der Waals surface area (Å²) in [6.45, 7) is 8.28. The van der Waals surface area contributed by atoms with E-state index in [4.69, 9.17) is 0 Å². The van der Waals surface area contributed by atoms with Crippen molar-refractivity contribution in [3.05, 3.63) is 54.1 Å². The van der Waals surface area contributed by atoms with Gasteiger partial charge in [-0.05, 0) is 50.6 Å². The number of hydrogen-bond acceptors (Lipinski definition) is 2. The van der Waals surface area contributed by atoms with Crippen LogP contribution in [-0.2, 0) is 11.0 Å². The molecule has 4 heteroatoms. The zero-order chi connectivity index (χ0) is 16.1. The van der Waals surface area contributed by atoms with Crippen molar-refractivity contribution in [3.63, 3.8) is 0 Å². The molecule has 0 N–H and O–H groups in total. The molecule has 0 aromatic heterocycles. The van der Waals surface area contributed by atoms with E-state index in [0.717, 1.165) is 29.2 Å². The fourth-order valence-corrected chi connectivity index (χ4v) is 3.59. The van der Waals surface area contributed by atoms with E-state index in [1.165, 1.54) is 5.69 Å². The maximum absolute atomic E-state index is 12.7. The molecule has 0 aliphatic carbocycles. The van der Waals surface area contributed by atoms with Crippen LogP contribution in [0.5, 0.6) is 0 Å². The third-order valence-corrected chi connectivity index (χ3v) is 5.22. The summed E-state index contributed by atoms with van der Waals surface area (Å²) >= 11 is 0. The molecule has 0 saturated carbocycles. The second-order valence-electron chi connectivity index (χ2n) is 5.20. The molecule has 1 unspecified atom stereocenters. The van der Waals surface area contributed by atoms with Gasteiger partial charge in [-0.2, -0.15) is 0 Å². The van der Waals surface area contributed by atoms with Gasteiger partial charge in [0.1, 0.15) is 0 Å². The first-order valence-corrected chi connectivity index (χ1v) is 8.75. The van der Waals surface area contributed by atoms with Crippen LogP contribution in [0.3, 0.4) is 0 Å². The molecule has 0 bridgehead atoms. The average molecular weight is 316 g/mol. The molecule has 0 radical (unpaired) electrons. The first-order valence-electron chi connectivity index (χ1n) is 7.64. The van der Waals surface area contributed by atoms with Crippen molar-refractivity contribution < 1.29 is 4.21 Å². The van der Waals surface area contributed by atoms with Crippen LogP contribution in [0.2, 0.25) is 0 Å². The van der Waals surface area contributed by atoms with E-state index in [1.54, 1.807) is 0 Å². The minimum Gasteiger partial charge on any atom is -0.372 e. The highest BCUT2D eigenvalue weighted by Gasteiger charge is 2.15. The number of nitrogens with zero attached hydrogens (tertiary/aromatic N) is 2. The number of aryl methyl sites for hydroxylation is 1. The van der Waals surface area contributed by atoms with Gasteiger partial charge < -0.3 is 4.90 Å². The Bertz CT molecular complexity index is 639. The Morgan fingerprint density at radius 1 is 1.00 bits per heavy atom. The summed E-state index contributed by atoms with van der Waals surface area (Å²) in [4.78, 5) is 3.11. The third kappa shape index (κ3) is 3.50. The minimum atomic E-state index is -1.20. The molecule has 2 aromatic carbocycles. The van der Waals surface area contributed by atoms with Crippen molar-refractivity contribution in [2.24, 2.45) is 0 Å². The highest BCUT2D eigenvalue weighted by atomic mass is 32.2. The standard InChI is InChI=1S/C18H24N2OS/c1-5-20(6-2)16-13-12-15(3)18(14-16)19(4)22(21)17-10-8-7-9-11-17/h7-14H,5-6H2,1-4H3. The van der Waals surface area contributed by atoms with E-state index >= 15 is 0 Å². The summed E-state index contributed by atoms with van der Waals surface area (Å²) in [5.74, 6) is 0. The van der Waals surface area contributed by atoms with E-state index in [0.29, 0.717) is 0 Å². The highest BCUT2D eigenvalue weighted by molar-refractivity contribution is 7.86. The average Bonchev–Trinajstić information content (AvgIpc) is 2.57. The van der Waals surface area contributed by atoms with Gasteiger partial charge in [-0.1, -0.05) is 24.3 Å². The summed E-state index contributed by atoms with van der Waals surface area (Å²) in [6, 6.07) is 15.9. The van der Waals surface area contributed by atoms with Crippen LogP contribution in [0, 0.1) is 6.92 Å². The zero-order valence-corrected chi connectivity index (χ0v) is 14.6. The Morgan fingerprint density at radius 2 is 1.64 bits per heavy atom. The topological polar surface area (TPSA) is 23.6 Å². The fraction of sp³-hybridized carbons (Fsp3) is 0.333. The van der Waals surface area contributed by atoms with Gasteiger partial charge in [0.2, 0.25) is 0 Å². The lowest BCUT2D eigenvalue weighted by atomic mass is 10.1. The largest absolute Gasteiger partial charge is 0.372 e. The molecule has 0 saturated heterocycles. The molecule has 2 aromatic rings. The molecule has 0 aliphatic heterocycles. The first-order chi connectivity index (χ1) is 10.6. The SMILES string of the molecule is CCN(CC)c1ccc(C)c(N(C)S(=O)c2ccccc2)c1. The lowest BCUT2D eigenvalue weighted by Gasteiger charge is -2.25. The van der Waals surface area contributed by atoms with Crippen molar-refractivity contribution in [1.29, 1.82) is 0 Å². The molecule has 0 aliphatic rings. The monoisotopic (exact) mass is 316 g/mol. The predicted molar refractivity (Wildman–Crippen MR) is 96.0 cm³/mol. The van der Waals surface area contributed by atoms with E-state index in [9.17, 15) is 4.21 Å². The molecule has 0 fully saturated rings. The first kappa shape index (κ1) is 16.6. The van der Waals surface area contributed by atoms with E-state index in [-0.39, 0.29) is 0 Å². The highest BCUT2D eigenvalue weighted by Crippen LogP contribution is 2.28. The van der Waals surface area contributed by atoms with Crippen LogP contribution >= 0.6 is 0 Å². The van der Waals surface area contributed by atoms with Gasteiger partial charge in [-0.15, -0.1) is 0 Å². The van der Waals surface area contributed by atoms with Crippen LogP contribution in [0.25, 0.3) is 0 Å². The van der Waals surface area contributed by atoms with Gasteiger partial charge in [0.15, 0.2) is 11.0 Å². The van der Waals surface area contributed by atoms with Crippen LogP contribution in [0.1, 0.15) is 19.4 Å². The van der Waals surface area contributed by atoms with E-state index < -0.39 is 11.0 Å². The van der Waals surface area contributed by atoms with Crippen molar-refractivity contribution in [2.45, 2.75) is 25.7 Å². The van der Waals surface area contributed by atoms with E-state index in [2.05, 4.69) is 43.9 Å². The van der Waals surface area contributed by atoms with Gasteiger partial charge >= 0.3 is 0 Å². The molecule has 3 nitrogen and oxygen atoms in total. The third-order valence-electron chi connectivity index (χ3n) is 3.85. The summed E-state index contributed by atoms with van der Waals surface area (Å²) in [7, 11) is 0.686. The molecular weight excluding hydrogens is 292 g/mol. The number of benzene rings is 2. The second kappa shape index (κ2) is 7.45. The van der Waals surface area contributed by atoms with E-state index in [1.807, 2.05) is 41.7 Å². The summed E-state index contributed by atoms with van der Waals surface area (Å²) in [6.07, 6.45) is 0. The smallest absolute Gasteiger partial charge is 0.152 e. The molecule has 0 heterocycles. The number of anilines is 2. The number of rotatable bonds is 6. The van der Waals surface area contributed by atoms with Crippen molar-refractivity contribution in [3.8, 4) is 0 Å². The predicted octanol–water partition coefficient (Wildman–Crippen LogP) is 4.00. The Balaban J connectivity index is 2.35. The lowest BCUT2D eigenvalue weighted by Crippen LogP contribution is -2.24. The number of hydrogen-bond donors (Lipinski definition) is 0. The molecular formula is C18H24N2OS. The van der Waals surface area contributed by atoms with Crippen LogP contribution in [-0.4, -0.2) is 24.3 Å². The van der Waals surface area contributed by atoms with Gasteiger partial charge in [-0.3, -0.25) is 4.31 Å². The Kier molecular flexibility index (Phi) is 5.61. The Morgan fingerprint density at radius 3 is 2.23 bits per heavy atom. The van der Waals surface area contributed by atoms with Crippen LogP contribution in [0.4, 0.5) is 11.4 Å². The minimum absolute atomic E-state index is 0.817.